The minimum atomic E-state index is 0.103. The number of nitrogens with one attached hydrogen (secondary N) is 1. The Hall–Kier alpha value is -2.04. The molecule has 108 valence electrons. The second kappa shape index (κ2) is 6.41. The normalized spacial score (nSPS) is 11.1. The molecule has 0 aliphatic rings. The van der Waals surface area contributed by atoms with Gasteiger partial charge in [0.05, 0.1) is 30.4 Å². The topological polar surface area (TPSA) is 52.0 Å². The van der Waals surface area contributed by atoms with Crippen molar-refractivity contribution in [1.29, 1.82) is 0 Å². The van der Waals surface area contributed by atoms with Gasteiger partial charge in [0.15, 0.2) is 0 Å². The third-order valence-electron chi connectivity index (χ3n) is 2.88. The third kappa shape index (κ3) is 3.50. The average molecular weight is 274 g/mol. The zero-order valence-corrected chi connectivity index (χ0v) is 12.5. The first-order chi connectivity index (χ1) is 9.58. The van der Waals surface area contributed by atoms with Gasteiger partial charge in [-0.25, -0.2) is 9.97 Å². The lowest BCUT2D eigenvalue weighted by molar-refractivity contribution is 0.234. The fraction of sp³-hybridized carbons (Fsp3) is 0.467. The van der Waals surface area contributed by atoms with Crippen molar-refractivity contribution in [2.75, 3.05) is 5.32 Å². The number of hydrogen-bond donors (Lipinski definition) is 1. The molecule has 20 heavy (non-hydrogen) atoms. The van der Waals surface area contributed by atoms with Crippen LogP contribution in [0.25, 0.3) is 0 Å². The Kier molecular flexibility index (Phi) is 4.61. The Morgan fingerprint density at radius 1 is 1.30 bits per heavy atom. The van der Waals surface area contributed by atoms with Gasteiger partial charge in [-0.1, -0.05) is 0 Å². The summed E-state index contributed by atoms with van der Waals surface area (Å²) in [4.78, 5) is 8.47. The lowest BCUT2D eigenvalue weighted by atomic mass is 10.3. The number of anilines is 1. The monoisotopic (exact) mass is 274 g/mol. The van der Waals surface area contributed by atoms with Crippen LogP contribution in [0, 0.1) is 0 Å². The molecule has 5 nitrogen and oxygen atoms in total. The van der Waals surface area contributed by atoms with Gasteiger partial charge < -0.3 is 14.6 Å². The first-order valence-electron chi connectivity index (χ1n) is 6.94. The summed E-state index contributed by atoms with van der Waals surface area (Å²) in [6, 6.07) is 4.27. The van der Waals surface area contributed by atoms with Gasteiger partial charge in [-0.05, 0) is 39.8 Å². The molecule has 2 heterocycles. The van der Waals surface area contributed by atoms with Crippen molar-refractivity contribution in [2.45, 2.75) is 46.4 Å². The maximum absolute atomic E-state index is 5.70. The van der Waals surface area contributed by atoms with Crippen molar-refractivity contribution in [2.24, 2.45) is 0 Å². The van der Waals surface area contributed by atoms with Crippen LogP contribution in [-0.4, -0.2) is 20.6 Å². The SMILES string of the molecule is CC(C)Oc1ncccc1NCc1cncn1C(C)C. The first kappa shape index (κ1) is 14.4. The van der Waals surface area contributed by atoms with Crippen LogP contribution >= 0.6 is 0 Å². The molecule has 2 rings (SSSR count). The molecule has 0 unspecified atom stereocenters. The Balaban J connectivity index is 2.09. The predicted octanol–water partition coefficient (Wildman–Crippen LogP) is 3.26. The van der Waals surface area contributed by atoms with Crippen LogP contribution in [0.5, 0.6) is 5.88 Å². The fourth-order valence-corrected chi connectivity index (χ4v) is 1.96. The molecule has 0 atom stereocenters. The summed E-state index contributed by atoms with van der Waals surface area (Å²) in [5.41, 5.74) is 2.04. The van der Waals surface area contributed by atoms with Crippen molar-refractivity contribution >= 4 is 5.69 Å². The van der Waals surface area contributed by atoms with Crippen LogP contribution < -0.4 is 10.1 Å². The number of rotatable bonds is 6. The van der Waals surface area contributed by atoms with E-state index < -0.39 is 0 Å². The van der Waals surface area contributed by atoms with Gasteiger partial charge in [-0.3, -0.25) is 0 Å². The van der Waals surface area contributed by atoms with Crippen molar-refractivity contribution in [3.05, 3.63) is 36.5 Å². The molecule has 0 saturated heterocycles. The second-order valence-electron chi connectivity index (χ2n) is 5.26. The molecule has 0 saturated carbocycles. The van der Waals surface area contributed by atoms with Gasteiger partial charge in [0.1, 0.15) is 0 Å². The molecule has 2 aromatic heterocycles. The van der Waals surface area contributed by atoms with Crippen molar-refractivity contribution in [3.63, 3.8) is 0 Å². The van der Waals surface area contributed by atoms with E-state index in [0.717, 1.165) is 11.4 Å². The third-order valence-corrected chi connectivity index (χ3v) is 2.88. The van der Waals surface area contributed by atoms with E-state index >= 15 is 0 Å². The first-order valence-corrected chi connectivity index (χ1v) is 6.94. The van der Waals surface area contributed by atoms with Crippen LogP contribution in [-0.2, 0) is 6.54 Å². The molecule has 0 bridgehead atoms. The summed E-state index contributed by atoms with van der Waals surface area (Å²) in [5.74, 6) is 0.637. The van der Waals surface area contributed by atoms with Crippen molar-refractivity contribution in [1.82, 2.24) is 14.5 Å². The number of pyridine rings is 1. The van der Waals surface area contributed by atoms with Crippen LogP contribution in [0.2, 0.25) is 0 Å². The highest BCUT2D eigenvalue weighted by molar-refractivity contribution is 5.52. The highest BCUT2D eigenvalue weighted by Crippen LogP contribution is 2.22. The summed E-state index contributed by atoms with van der Waals surface area (Å²) >= 11 is 0. The predicted molar refractivity (Wildman–Crippen MR) is 79.9 cm³/mol. The fourth-order valence-electron chi connectivity index (χ4n) is 1.96. The van der Waals surface area contributed by atoms with Gasteiger partial charge >= 0.3 is 0 Å². The maximum Gasteiger partial charge on any atom is 0.237 e. The van der Waals surface area contributed by atoms with E-state index in [9.17, 15) is 0 Å². The Morgan fingerprint density at radius 3 is 2.80 bits per heavy atom. The quantitative estimate of drug-likeness (QED) is 0.878. The standard InChI is InChI=1S/C15H22N4O/c1-11(2)19-10-16-8-13(19)9-18-14-6-5-7-17-15(14)20-12(3)4/h5-8,10-12,18H,9H2,1-4H3. The zero-order valence-electron chi connectivity index (χ0n) is 12.5. The highest BCUT2D eigenvalue weighted by Gasteiger charge is 2.09. The van der Waals surface area contributed by atoms with Gasteiger partial charge in [0, 0.05) is 18.4 Å². The molecule has 0 spiro atoms. The molecule has 0 fully saturated rings. The largest absolute Gasteiger partial charge is 0.473 e. The van der Waals surface area contributed by atoms with E-state index in [1.165, 1.54) is 0 Å². The molecule has 1 N–H and O–H groups in total. The molecular weight excluding hydrogens is 252 g/mol. The molecule has 0 aromatic carbocycles. The Bertz CT molecular complexity index is 548. The lowest BCUT2D eigenvalue weighted by Crippen LogP contribution is -2.12. The summed E-state index contributed by atoms with van der Waals surface area (Å²) in [7, 11) is 0. The van der Waals surface area contributed by atoms with Gasteiger partial charge in [-0.2, -0.15) is 0 Å². The molecule has 0 aliphatic carbocycles. The van der Waals surface area contributed by atoms with E-state index in [2.05, 4.69) is 33.7 Å². The van der Waals surface area contributed by atoms with Gasteiger partial charge in [0.25, 0.3) is 0 Å². The van der Waals surface area contributed by atoms with Crippen LogP contribution in [0.15, 0.2) is 30.9 Å². The van der Waals surface area contributed by atoms with Crippen molar-refractivity contribution in [3.8, 4) is 5.88 Å². The number of ether oxygens (including phenoxy) is 1. The minimum absolute atomic E-state index is 0.103. The van der Waals surface area contributed by atoms with Crippen LogP contribution in [0.3, 0.4) is 0 Å². The highest BCUT2D eigenvalue weighted by atomic mass is 16.5. The molecule has 0 aliphatic heterocycles. The zero-order chi connectivity index (χ0) is 14.5. The second-order valence-corrected chi connectivity index (χ2v) is 5.26. The van der Waals surface area contributed by atoms with Crippen LogP contribution in [0.1, 0.15) is 39.4 Å². The number of hydrogen-bond acceptors (Lipinski definition) is 4. The summed E-state index contributed by atoms with van der Waals surface area (Å²) in [6.07, 6.45) is 5.58. The van der Waals surface area contributed by atoms with E-state index in [1.54, 1.807) is 6.20 Å². The number of aromatic nitrogens is 3. The summed E-state index contributed by atoms with van der Waals surface area (Å²) < 4.78 is 7.84. The molecule has 2 aromatic rings. The molecule has 5 heteroatoms. The molecule has 0 radical (unpaired) electrons. The van der Waals surface area contributed by atoms with Crippen LogP contribution in [0.4, 0.5) is 5.69 Å². The summed E-state index contributed by atoms with van der Waals surface area (Å²) in [6.45, 7) is 8.96. The number of imidazole rings is 1. The Labute approximate surface area is 120 Å². The van der Waals surface area contributed by atoms with E-state index in [4.69, 9.17) is 4.74 Å². The summed E-state index contributed by atoms with van der Waals surface area (Å²) in [5, 5.41) is 3.37. The smallest absolute Gasteiger partial charge is 0.237 e. The van der Waals surface area contributed by atoms with Crippen molar-refractivity contribution < 1.29 is 4.74 Å². The Morgan fingerprint density at radius 2 is 2.10 bits per heavy atom. The molecule has 0 amide bonds. The minimum Gasteiger partial charge on any atom is -0.473 e. The number of nitrogens with zero attached hydrogens (tertiary/aromatic N) is 3. The van der Waals surface area contributed by atoms with E-state index in [0.29, 0.717) is 18.5 Å². The van der Waals surface area contributed by atoms with Gasteiger partial charge in [-0.15, -0.1) is 0 Å². The average Bonchev–Trinajstić information content (AvgIpc) is 2.85. The lowest BCUT2D eigenvalue weighted by Gasteiger charge is -2.16. The van der Waals surface area contributed by atoms with Gasteiger partial charge in [0.2, 0.25) is 5.88 Å². The van der Waals surface area contributed by atoms with E-state index in [1.807, 2.05) is 38.5 Å². The maximum atomic E-state index is 5.70. The van der Waals surface area contributed by atoms with E-state index in [-0.39, 0.29) is 6.10 Å². The molecular formula is C15H22N4O.